The van der Waals surface area contributed by atoms with Crippen LogP contribution in [0.2, 0.25) is 15.5 Å². The van der Waals surface area contributed by atoms with Gasteiger partial charge in [0, 0.05) is 11.8 Å². The summed E-state index contributed by atoms with van der Waals surface area (Å²) in [6, 6.07) is 9.64. The van der Waals surface area contributed by atoms with Crippen LogP contribution in [0, 0.1) is 13.1 Å². The van der Waals surface area contributed by atoms with Gasteiger partial charge in [0.1, 0.15) is 32.6 Å². The number of rotatable bonds is 3. The lowest BCUT2D eigenvalue weighted by molar-refractivity contribution is -0.142. The van der Waals surface area contributed by atoms with Gasteiger partial charge in [-0.3, -0.25) is 4.98 Å². The van der Waals surface area contributed by atoms with Crippen molar-refractivity contribution in [2.45, 2.75) is 12.4 Å². The van der Waals surface area contributed by atoms with E-state index in [1.807, 2.05) is 0 Å². The molecule has 0 atom stereocenters. The summed E-state index contributed by atoms with van der Waals surface area (Å²) in [5.74, 6) is 0.0375. The molecule has 4 aromatic rings. The summed E-state index contributed by atoms with van der Waals surface area (Å²) >= 11 is 16.7. The molecule has 4 rings (SSSR count). The van der Waals surface area contributed by atoms with Crippen molar-refractivity contribution in [2.24, 2.45) is 0 Å². The molecule has 0 saturated heterocycles. The van der Waals surface area contributed by atoms with Crippen LogP contribution in [0.25, 0.3) is 20.9 Å². The van der Waals surface area contributed by atoms with Crippen LogP contribution >= 0.6 is 34.8 Å². The Morgan fingerprint density at radius 3 is 1.60 bits per heavy atom. The molecule has 0 bridgehead atoms. The summed E-state index contributed by atoms with van der Waals surface area (Å²) < 4.78 is 77.3. The molecular weight excluding hydrogens is 635 g/mol. The van der Waals surface area contributed by atoms with Gasteiger partial charge in [-0.15, -0.1) is 0 Å². The summed E-state index contributed by atoms with van der Waals surface area (Å²) in [4.78, 5) is 20.4. The van der Waals surface area contributed by atoms with Gasteiger partial charge >= 0.3 is 20.0 Å². The molecule has 0 fully saturated rings. The minimum Gasteiger partial charge on any atom is -0.536 e. The van der Waals surface area contributed by atoms with Crippen LogP contribution in [0.1, 0.15) is 11.4 Å². The number of pyridine rings is 4. The predicted octanol–water partition coefficient (Wildman–Crippen LogP) is 8.31. The molecule has 0 aliphatic carbocycles. The zero-order valence-corrected chi connectivity index (χ0v) is 22.6. The van der Waals surface area contributed by atoms with Crippen molar-refractivity contribution in [3.05, 3.63) is 111 Å². The van der Waals surface area contributed by atoms with Crippen molar-refractivity contribution in [3.63, 3.8) is 0 Å². The third-order valence-electron chi connectivity index (χ3n) is 4.35. The molecule has 0 saturated carbocycles. The predicted molar refractivity (Wildman–Crippen MR) is 142 cm³/mol. The van der Waals surface area contributed by atoms with Crippen LogP contribution in [0.4, 0.5) is 37.7 Å². The van der Waals surface area contributed by atoms with Crippen molar-refractivity contribution in [2.75, 3.05) is 0 Å². The van der Waals surface area contributed by atoms with Crippen LogP contribution in [-0.2, 0) is 12.4 Å². The van der Waals surface area contributed by atoms with Crippen LogP contribution < -0.4 is 4.65 Å². The normalized spacial score (nSPS) is 10.6. The maximum absolute atomic E-state index is 12.4. The van der Waals surface area contributed by atoms with Gasteiger partial charge in [-0.05, 0) is 48.5 Å². The minimum atomic E-state index is -4.48. The number of hydrogen-bond donors (Lipinski definition) is 1. The SMILES string of the molecule is O[B]Oc1ccc(C(F)(F)F)nc1.[C-]#[N+]c1cc(Cl)nc(-c2ccc(C(F)(F)F)nc2)c1.[C-]#[N+]c1cc(Cl)nc(Cl)c1. The summed E-state index contributed by atoms with van der Waals surface area (Å²) in [5, 5.41) is 8.75. The minimum absolute atomic E-state index is 0.0375. The lowest BCUT2D eigenvalue weighted by Gasteiger charge is -2.06. The van der Waals surface area contributed by atoms with Gasteiger partial charge in [0.15, 0.2) is 11.4 Å². The third-order valence-corrected chi connectivity index (χ3v) is 4.93. The molecule has 0 aliphatic heterocycles. The van der Waals surface area contributed by atoms with E-state index in [1.165, 1.54) is 30.3 Å². The molecule has 0 aliphatic rings. The maximum Gasteiger partial charge on any atom is 0.569 e. The Labute approximate surface area is 249 Å². The fraction of sp³-hybridized carbons (Fsp3) is 0.0833. The Balaban J connectivity index is 0.000000234. The van der Waals surface area contributed by atoms with Gasteiger partial charge in [0.2, 0.25) is 0 Å². The largest absolute Gasteiger partial charge is 0.569 e. The van der Waals surface area contributed by atoms with Crippen LogP contribution in [0.15, 0.2) is 60.9 Å². The first-order chi connectivity index (χ1) is 19.7. The van der Waals surface area contributed by atoms with E-state index < -0.39 is 23.7 Å². The van der Waals surface area contributed by atoms with Crippen molar-refractivity contribution < 1.29 is 36.0 Å². The molecule has 1 radical (unpaired) electrons. The summed E-state index contributed by atoms with van der Waals surface area (Å²) in [5.41, 5.74) is -0.651. The van der Waals surface area contributed by atoms with E-state index in [1.54, 1.807) is 0 Å². The van der Waals surface area contributed by atoms with E-state index in [4.69, 9.17) is 53.0 Å². The highest BCUT2D eigenvalue weighted by Gasteiger charge is 2.32. The zero-order chi connectivity index (χ0) is 31.5. The molecule has 42 heavy (non-hydrogen) atoms. The van der Waals surface area contributed by atoms with E-state index in [0.717, 1.165) is 30.6 Å². The molecule has 0 spiro atoms. The van der Waals surface area contributed by atoms with E-state index >= 15 is 0 Å². The van der Waals surface area contributed by atoms with Crippen LogP contribution in [-0.4, -0.2) is 32.6 Å². The van der Waals surface area contributed by atoms with Crippen molar-refractivity contribution in [1.82, 2.24) is 19.9 Å². The summed E-state index contributed by atoms with van der Waals surface area (Å²) in [6.07, 6.45) is -7.02. The van der Waals surface area contributed by atoms with Crippen molar-refractivity contribution in [3.8, 4) is 17.0 Å². The van der Waals surface area contributed by atoms with Gasteiger partial charge in [0.05, 0.1) is 25.0 Å². The van der Waals surface area contributed by atoms with E-state index in [9.17, 15) is 26.3 Å². The standard InChI is InChI=1S/C12H5ClF3N3.C6H4BF3NO2.C6H2Cl2N2/c1-17-8-4-9(19-11(13)5-8)7-2-3-10(18-6-7)12(14,15)16;8-6(9,10)5-2-1-4(3-11-5)13-7-12;1-9-4-2-5(7)10-6(8)3-4/h2-6H;1-3,12H;2-3H. The molecule has 4 aromatic heterocycles. The Hall–Kier alpha value is -4.15. The van der Waals surface area contributed by atoms with Crippen LogP contribution in [0.5, 0.6) is 5.75 Å². The smallest absolute Gasteiger partial charge is 0.536 e. The highest BCUT2D eigenvalue weighted by molar-refractivity contribution is 6.32. The third kappa shape index (κ3) is 11.0. The lowest BCUT2D eigenvalue weighted by Crippen LogP contribution is -2.08. The van der Waals surface area contributed by atoms with E-state index in [2.05, 4.69) is 34.3 Å². The van der Waals surface area contributed by atoms with Gasteiger partial charge in [-0.1, -0.05) is 34.8 Å². The quantitative estimate of drug-likeness (QED) is 0.104. The summed E-state index contributed by atoms with van der Waals surface area (Å²) in [7, 11) is 0.365. The number of nitrogens with zero attached hydrogens (tertiary/aromatic N) is 6. The van der Waals surface area contributed by atoms with Crippen molar-refractivity contribution in [1.29, 1.82) is 0 Å². The first kappa shape index (κ1) is 34.1. The fourth-order valence-electron chi connectivity index (χ4n) is 2.60. The molecule has 0 amide bonds. The highest BCUT2D eigenvalue weighted by atomic mass is 35.5. The fourth-order valence-corrected chi connectivity index (χ4v) is 3.26. The number of aromatic nitrogens is 4. The number of alkyl halides is 6. The average molecular weight is 647 g/mol. The first-order valence-corrected chi connectivity index (χ1v) is 11.7. The summed E-state index contributed by atoms with van der Waals surface area (Å²) in [6.45, 7) is 13.5. The monoisotopic (exact) mass is 645 g/mol. The molecule has 0 unspecified atom stereocenters. The van der Waals surface area contributed by atoms with Gasteiger partial charge in [0.25, 0.3) is 0 Å². The second-order valence-electron chi connectivity index (χ2n) is 7.26. The van der Waals surface area contributed by atoms with Gasteiger partial charge in [-0.2, -0.15) is 26.3 Å². The highest BCUT2D eigenvalue weighted by Crippen LogP contribution is 2.30. The topological polar surface area (TPSA) is 89.7 Å². The Bertz CT molecular complexity index is 1560. The van der Waals surface area contributed by atoms with E-state index in [0.29, 0.717) is 24.6 Å². The molecule has 8 nitrogen and oxygen atoms in total. The molecule has 1 N–H and O–H groups in total. The Morgan fingerprint density at radius 2 is 1.19 bits per heavy atom. The second-order valence-corrected chi connectivity index (χ2v) is 8.42. The molecule has 18 heteroatoms. The zero-order valence-electron chi connectivity index (χ0n) is 20.3. The average Bonchev–Trinajstić information content (AvgIpc) is 2.92. The number of hydrogen-bond acceptors (Lipinski definition) is 6. The molecule has 0 aromatic carbocycles. The first-order valence-electron chi connectivity index (χ1n) is 10.6. The van der Waals surface area contributed by atoms with Gasteiger partial charge in [-0.25, -0.2) is 24.6 Å². The Kier molecular flexibility index (Phi) is 12.3. The maximum atomic E-state index is 12.4. The molecule has 215 valence electrons. The van der Waals surface area contributed by atoms with Crippen LogP contribution in [0.3, 0.4) is 0 Å². The molecule has 4 heterocycles. The van der Waals surface area contributed by atoms with Gasteiger partial charge < -0.3 is 9.68 Å². The van der Waals surface area contributed by atoms with Crippen molar-refractivity contribution >= 4 is 53.9 Å². The molecular formula is C24H11BCl3F6N6O2. The lowest BCUT2D eigenvalue weighted by atomic mass is 10.1. The Morgan fingerprint density at radius 1 is 0.714 bits per heavy atom. The van der Waals surface area contributed by atoms with E-state index in [-0.39, 0.29) is 26.9 Å². The number of halogens is 9. The second kappa shape index (κ2) is 15.2.